The summed E-state index contributed by atoms with van der Waals surface area (Å²) in [5.41, 5.74) is 0. The van der Waals surface area contributed by atoms with Crippen LogP contribution in [0.5, 0.6) is 0 Å². The Bertz CT molecular complexity index is 514. The largest absolute Gasteiger partial charge is 0.396 e. The second-order valence-corrected chi connectivity index (χ2v) is 7.24. The molecule has 0 aromatic rings. The molecule has 162 valence electrons. The van der Waals surface area contributed by atoms with Crippen LogP contribution in [-0.4, -0.2) is 11.7 Å². The van der Waals surface area contributed by atoms with E-state index in [0.29, 0.717) is 6.42 Å². The third-order valence-electron chi connectivity index (χ3n) is 4.55. The molecule has 0 unspecified atom stereocenters. The Hall–Kier alpha value is -1.86. The lowest BCUT2D eigenvalue weighted by molar-refractivity contribution is 0.302. The van der Waals surface area contributed by atoms with Crippen molar-refractivity contribution in [2.45, 2.75) is 84.0 Å². The Morgan fingerprint density at radius 2 is 0.759 bits per heavy atom. The van der Waals surface area contributed by atoms with Gasteiger partial charge in [-0.2, -0.15) is 0 Å². The molecule has 0 radical (unpaired) electrons. The summed E-state index contributed by atoms with van der Waals surface area (Å²) in [5.74, 6) is 0. The average molecular weight is 397 g/mol. The highest BCUT2D eigenvalue weighted by molar-refractivity contribution is 5.19. The quantitative estimate of drug-likeness (QED) is 0.132. The first kappa shape index (κ1) is 27.1. The molecule has 0 aromatic carbocycles. The third kappa shape index (κ3) is 26.1. The van der Waals surface area contributed by atoms with Crippen LogP contribution < -0.4 is 0 Å². The number of hydrogen-bond acceptors (Lipinski definition) is 1. The van der Waals surface area contributed by atoms with Gasteiger partial charge in [-0.1, -0.05) is 130 Å². The predicted molar refractivity (Wildman–Crippen MR) is 132 cm³/mol. The van der Waals surface area contributed by atoms with Crippen molar-refractivity contribution in [3.8, 4) is 0 Å². The monoisotopic (exact) mass is 396 g/mol. The fourth-order valence-electron chi connectivity index (χ4n) is 2.87. The van der Waals surface area contributed by atoms with Crippen LogP contribution in [0.2, 0.25) is 0 Å². The topological polar surface area (TPSA) is 20.2 Å². The molecule has 0 atom stereocenters. The lowest BCUT2D eigenvalue weighted by Gasteiger charge is -2.01. The summed E-state index contributed by atoms with van der Waals surface area (Å²) in [6, 6.07) is 0. The molecule has 1 nitrogen and oxygen atoms in total. The van der Waals surface area contributed by atoms with Gasteiger partial charge in [-0.25, -0.2) is 0 Å². The molecule has 0 saturated carbocycles. The highest BCUT2D eigenvalue weighted by Gasteiger charge is 1.92. The lowest BCUT2D eigenvalue weighted by atomic mass is 10.1. The Morgan fingerprint density at radius 3 is 1.17 bits per heavy atom. The molecule has 0 aromatic heterocycles. The van der Waals surface area contributed by atoms with Crippen molar-refractivity contribution >= 4 is 0 Å². The summed E-state index contributed by atoms with van der Waals surface area (Å²) in [6.45, 7) is 2.31. The Balaban J connectivity index is 3.42. The van der Waals surface area contributed by atoms with E-state index in [0.717, 1.165) is 0 Å². The molecule has 0 bridgehead atoms. The summed E-state index contributed by atoms with van der Waals surface area (Å²) >= 11 is 0. The molecule has 0 spiro atoms. The molecule has 0 aliphatic heterocycles. The van der Waals surface area contributed by atoms with Crippen LogP contribution in [0.15, 0.2) is 85.1 Å². The molecule has 0 aliphatic carbocycles. The zero-order valence-electron chi connectivity index (χ0n) is 18.7. The second kappa shape index (κ2) is 26.1. The highest BCUT2D eigenvalue weighted by atomic mass is 16.2. The van der Waals surface area contributed by atoms with Gasteiger partial charge in [-0.15, -0.1) is 0 Å². The fourth-order valence-corrected chi connectivity index (χ4v) is 2.87. The van der Waals surface area contributed by atoms with Crippen LogP contribution in [0.1, 0.15) is 84.0 Å². The van der Waals surface area contributed by atoms with Gasteiger partial charge >= 0.3 is 0 Å². The zero-order valence-corrected chi connectivity index (χ0v) is 18.7. The van der Waals surface area contributed by atoms with Crippen molar-refractivity contribution in [2.75, 3.05) is 6.61 Å². The Kier molecular flexibility index (Phi) is 24.5. The number of aliphatic hydroxyl groups is 1. The van der Waals surface area contributed by atoms with Crippen molar-refractivity contribution in [1.29, 1.82) is 0 Å². The third-order valence-corrected chi connectivity index (χ3v) is 4.55. The predicted octanol–water partition coefficient (Wildman–Crippen LogP) is 8.57. The smallest absolute Gasteiger partial charge is 0.0465 e. The number of rotatable bonds is 19. The maximum Gasteiger partial charge on any atom is 0.0465 e. The summed E-state index contributed by atoms with van der Waals surface area (Å²) < 4.78 is 0. The zero-order chi connectivity index (χ0) is 21.1. The van der Waals surface area contributed by atoms with E-state index >= 15 is 0 Å². The minimum Gasteiger partial charge on any atom is -0.396 e. The molecule has 1 heteroatoms. The van der Waals surface area contributed by atoms with Gasteiger partial charge in [0.05, 0.1) is 0 Å². The van der Waals surface area contributed by atoms with Crippen LogP contribution in [0.25, 0.3) is 0 Å². The van der Waals surface area contributed by atoms with Gasteiger partial charge in [0.15, 0.2) is 0 Å². The van der Waals surface area contributed by atoms with Crippen molar-refractivity contribution in [3.05, 3.63) is 85.1 Å². The van der Waals surface area contributed by atoms with Crippen molar-refractivity contribution in [3.63, 3.8) is 0 Å². The minimum absolute atomic E-state index is 0.210. The van der Waals surface area contributed by atoms with Crippen LogP contribution in [-0.2, 0) is 0 Å². The lowest BCUT2D eigenvalue weighted by Crippen LogP contribution is -1.81. The first-order chi connectivity index (χ1) is 14.4. The van der Waals surface area contributed by atoms with E-state index in [9.17, 15) is 0 Å². The van der Waals surface area contributed by atoms with Gasteiger partial charge in [-0.3, -0.25) is 0 Å². The van der Waals surface area contributed by atoms with Gasteiger partial charge in [0.1, 0.15) is 0 Å². The molecule has 1 N–H and O–H groups in total. The molecular formula is C28H44O. The number of hydrogen-bond donors (Lipinski definition) is 1. The Morgan fingerprint density at radius 1 is 0.414 bits per heavy atom. The van der Waals surface area contributed by atoms with E-state index in [2.05, 4.69) is 43.4 Å². The van der Waals surface area contributed by atoms with E-state index < -0.39 is 0 Å². The maximum absolute atomic E-state index is 8.64. The molecule has 0 heterocycles. The van der Waals surface area contributed by atoms with E-state index in [4.69, 9.17) is 5.11 Å². The molecule has 0 rings (SSSR count). The van der Waals surface area contributed by atoms with E-state index in [1.807, 2.05) is 48.6 Å². The molecule has 29 heavy (non-hydrogen) atoms. The van der Waals surface area contributed by atoms with Gasteiger partial charge < -0.3 is 5.11 Å². The van der Waals surface area contributed by atoms with Crippen molar-refractivity contribution in [2.24, 2.45) is 0 Å². The standard InChI is InChI=1S/C28H44O/c1-2-3-4-5-6-7-8-9-10-11-12-13-14-15-16-17-18-19-20-21-22-23-24-25-26-27-28-29/h2-3,15-26,29H,4-14,27-28H2,1H3/b3-2+,16-15+,18-17+,20-19+,22-21+,24-23+,26-25+. The second-order valence-electron chi connectivity index (χ2n) is 7.24. The number of allylic oxidation sites excluding steroid dienone is 13. The average Bonchev–Trinajstić information content (AvgIpc) is 2.74. The first-order valence-corrected chi connectivity index (χ1v) is 11.6. The normalized spacial score (nSPS) is 13.3. The SMILES string of the molecule is C/C=C/CCCCCCCCCCC/C=C/C=C/C=C/C=C/C=C/C=C/CCO. The number of aliphatic hydroxyl groups excluding tert-OH is 1. The first-order valence-electron chi connectivity index (χ1n) is 11.6. The van der Waals surface area contributed by atoms with Crippen molar-refractivity contribution < 1.29 is 5.11 Å². The summed E-state index contributed by atoms with van der Waals surface area (Å²) in [4.78, 5) is 0. The number of unbranched alkanes of at least 4 members (excludes halogenated alkanes) is 10. The van der Waals surface area contributed by atoms with Crippen LogP contribution in [0.3, 0.4) is 0 Å². The molecular weight excluding hydrogens is 352 g/mol. The minimum atomic E-state index is 0.210. The summed E-state index contributed by atoms with van der Waals surface area (Å²) in [5, 5.41) is 8.64. The molecule has 0 saturated heterocycles. The summed E-state index contributed by atoms with van der Waals surface area (Å²) in [6.07, 6.45) is 44.5. The van der Waals surface area contributed by atoms with Gasteiger partial charge in [0.2, 0.25) is 0 Å². The van der Waals surface area contributed by atoms with Crippen molar-refractivity contribution in [1.82, 2.24) is 0 Å². The van der Waals surface area contributed by atoms with Crippen LogP contribution in [0, 0.1) is 0 Å². The van der Waals surface area contributed by atoms with Crippen LogP contribution >= 0.6 is 0 Å². The molecule has 0 fully saturated rings. The molecule has 0 aliphatic rings. The maximum atomic E-state index is 8.64. The van der Waals surface area contributed by atoms with E-state index in [1.165, 1.54) is 70.6 Å². The van der Waals surface area contributed by atoms with Crippen LogP contribution in [0.4, 0.5) is 0 Å². The highest BCUT2D eigenvalue weighted by Crippen LogP contribution is 2.11. The Labute approximate surface area is 181 Å². The molecule has 0 amide bonds. The van der Waals surface area contributed by atoms with E-state index in [-0.39, 0.29) is 6.61 Å². The van der Waals surface area contributed by atoms with E-state index in [1.54, 1.807) is 0 Å². The van der Waals surface area contributed by atoms with Gasteiger partial charge in [0.25, 0.3) is 0 Å². The van der Waals surface area contributed by atoms with Gasteiger partial charge in [0, 0.05) is 6.61 Å². The van der Waals surface area contributed by atoms with Gasteiger partial charge in [-0.05, 0) is 39.0 Å². The summed E-state index contributed by atoms with van der Waals surface area (Å²) in [7, 11) is 0. The fraction of sp³-hybridized carbons (Fsp3) is 0.500.